The number of rotatable bonds is 3. The van der Waals surface area contributed by atoms with Gasteiger partial charge in [-0.1, -0.05) is 0 Å². The van der Waals surface area contributed by atoms with Gasteiger partial charge in [-0.2, -0.15) is 13.2 Å². The van der Waals surface area contributed by atoms with Crippen LogP contribution in [0.2, 0.25) is 0 Å². The SMILES string of the molecule is NCC1(CCC(F)(F)F)CCC(O)CC1. The maximum absolute atomic E-state index is 12.1. The summed E-state index contributed by atoms with van der Waals surface area (Å²) in [5.41, 5.74) is 5.17. The van der Waals surface area contributed by atoms with Crippen LogP contribution in [0.3, 0.4) is 0 Å². The predicted octanol–water partition coefficient (Wildman–Crippen LogP) is 2.21. The Morgan fingerprint density at radius 1 is 1.27 bits per heavy atom. The van der Waals surface area contributed by atoms with Crippen LogP contribution in [0.25, 0.3) is 0 Å². The molecule has 0 bridgehead atoms. The van der Waals surface area contributed by atoms with Crippen molar-refractivity contribution in [3.8, 4) is 0 Å². The Labute approximate surface area is 87.6 Å². The summed E-state index contributed by atoms with van der Waals surface area (Å²) >= 11 is 0. The first kappa shape index (κ1) is 12.8. The molecule has 1 rings (SSSR count). The summed E-state index contributed by atoms with van der Waals surface area (Å²) in [5.74, 6) is 0. The van der Waals surface area contributed by atoms with Crippen molar-refractivity contribution in [1.82, 2.24) is 0 Å². The van der Waals surface area contributed by atoms with Crippen molar-refractivity contribution in [2.45, 2.75) is 50.8 Å². The summed E-state index contributed by atoms with van der Waals surface area (Å²) in [6.45, 7) is 0.287. The van der Waals surface area contributed by atoms with Gasteiger partial charge >= 0.3 is 6.18 Å². The molecule has 0 aromatic rings. The molecule has 0 aromatic heterocycles. The van der Waals surface area contributed by atoms with E-state index in [0.29, 0.717) is 25.7 Å². The van der Waals surface area contributed by atoms with E-state index < -0.39 is 18.0 Å². The summed E-state index contributed by atoms with van der Waals surface area (Å²) in [7, 11) is 0. The van der Waals surface area contributed by atoms with Gasteiger partial charge in [-0.15, -0.1) is 0 Å². The van der Waals surface area contributed by atoms with E-state index in [0.717, 1.165) is 0 Å². The molecule has 0 aliphatic heterocycles. The van der Waals surface area contributed by atoms with Crippen LogP contribution in [0, 0.1) is 5.41 Å². The first-order valence-electron chi connectivity index (χ1n) is 5.32. The van der Waals surface area contributed by atoms with E-state index in [1.165, 1.54) is 0 Å². The molecule has 1 saturated carbocycles. The van der Waals surface area contributed by atoms with Gasteiger partial charge in [0.1, 0.15) is 0 Å². The molecule has 5 heteroatoms. The minimum absolute atomic E-state index is 0.0969. The van der Waals surface area contributed by atoms with Crippen molar-refractivity contribution < 1.29 is 18.3 Å². The van der Waals surface area contributed by atoms with Crippen molar-refractivity contribution in [1.29, 1.82) is 0 Å². The molecule has 0 radical (unpaired) electrons. The lowest BCUT2D eigenvalue weighted by Crippen LogP contribution is -2.37. The van der Waals surface area contributed by atoms with Crippen LogP contribution < -0.4 is 5.73 Å². The number of hydrogen-bond donors (Lipinski definition) is 2. The van der Waals surface area contributed by atoms with E-state index in [4.69, 9.17) is 5.73 Å². The Morgan fingerprint density at radius 3 is 2.20 bits per heavy atom. The van der Waals surface area contributed by atoms with Crippen LogP contribution >= 0.6 is 0 Å². The Balaban J connectivity index is 2.47. The highest BCUT2D eigenvalue weighted by molar-refractivity contribution is 4.87. The lowest BCUT2D eigenvalue weighted by atomic mass is 9.70. The molecule has 1 fully saturated rings. The lowest BCUT2D eigenvalue weighted by Gasteiger charge is -2.38. The molecule has 1 aliphatic rings. The maximum atomic E-state index is 12.1. The number of aliphatic hydroxyl groups is 1. The van der Waals surface area contributed by atoms with Crippen molar-refractivity contribution >= 4 is 0 Å². The molecule has 1 aliphatic carbocycles. The third-order valence-corrected chi connectivity index (χ3v) is 3.39. The zero-order valence-corrected chi connectivity index (χ0v) is 8.69. The van der Waals surface area contributed by atoms with Gasteiger partial charge in [-0.05, 0) is 44.1 Å². The second-order valence-corrected chi connectivity index (χ2v) is 4.55. The smallest absolute Gasteiger partial charge is 0.389 e. The summed E-state index contributed by atoms with van der Waals surface area (Å²) in [4.78, 5) is 0. The van der Waals surface area contributed by atoms with E-state index in [-0.39, 0.29) is 19.1 Å². The first-order chi connectivity index (χ1) is 6.87. The van der Waals surface area contributed by atoms with E-state index in [1.54, 1.807) is 0 Å². The van der Waals surface area contributed by atoms with E-state index >= 15 is 0 Å². The summed E-state index contributed by atoms with van der Waals surface area (Å²) in [5, 5.41) is 9.30. The van der Waals surface area contributed by atoms with Gasteiger partial charge in [0, 0.05) is 6.42 Å². The molecule has 2 nitrogen and oxygen atoms in total. The van der Waals surface area contributed by atoms with E-state index in [1.807, 2.05) is 0 Å². The topological polar surface area (TPSA) is 46.2 Å². The minimum Gasteiger partial charge on any atom is -0.393 e. The molecule has 0 unspecified atom stereocenters. The number of alkyl halides is 3. The fourth-order valence-corrected chi connectivity index (χ4v) is 2.18. The van der Waals surface area contributed by atoms with Gasteiger partial charge in [-0.3, -0.25) is 0 Å². The van der Waals surface area contributed by atoms with Crippen molar-refractivity contribution in [2.24, 2.45) is 11.1 Å². The average Bonchev–Trinajstić information content (AvgIpc) is 2.17. The molecule has 0 atom stereocenters. The molecule has 0 spiro atoms. The first-order valence-corrected chi connectivity index (χ1v) is 5.32. The average molecular weight is 225 g/mol. The number of nitrogens with two attached hydrogens (primary N) is 1. The maximum Gasteiger partial charge on any atom is 0.389 e. The number of hydrogen-bond acceptors (Lipinski definition) is 2. The van der Waals surface area contributed by atoms with Crippen LogP contribution in [0.15, 0.2) is 0 Å². The molecule has 0 aromatic carbocycles. The molecule has 90 valence electrons. The van der Waals surface area contributed by atoms with E-state index in [9.17, 15) is 18.3 Å². The van der Waals surface area contributed by atoms with Gasteiger partial charge < -0.3 is 10.8 Å². The second kappa shape index (κ2) is 4.70. The van der Waals surface area contributed by atoms with Crippen molar-refractivity contribution in [3.63, 3.8) is 0 Å². The summed E-state index contributed by atoms with van der Waals surface area (Å²) in [6, 6.07) is 0. The quantitative estimate of drug-likeness (QED) is 0.773. The van der Waals surface area contributed by atoms with Gasteiger partial charge in [0.25, 0.3) is 0 Å². The zero-order valence-electron chi connectivity index (χ0n) is 8.69. The zero-order chi connectivity index (χ0) is 11.5. The molecule has 0 amide bonds. The third kappa shape index (κ3) is 3.99. The Bertz CT molecular complexity index is 197. The highest BCUT2D eigenvalue weighted by Gasteiger charge is 2.37. The van der Waals surface area contributed by atoms with Gasteiger partial charge in [0.05, 0.1) is 6.10 Å². The highest BCUT2D eigenvalue weighted by atomic mass is 19.4. The predicted molar refractivity (Wildman–Crippen MR) is 51.3 cm³/mol. The minimum atomic E-state index is -4.10. The van der Waals surface area contributed by atoms with Crippen molar-refractivity contribution in [2.75, 3.05) is 6.54 Å². The third-order valence-electron chi connectivity index (χ3n) is 3.39. The molecule has 3 N–H and O–H groups in total. The monoisotopic (exact) mass is 225 g/mol. The summed E-state index contributed by atoms with van der Waals surface area (Å²) < 4.78 is 36.3. The van der Waals surface area contributed by atoms with Crippen LogP contribution in [-0.2, 0) is 0 Å². The normalized spacial score (nSPS) is 33.0. The van der Waals surface area contributed by atoms with Crippen LogP contribution in [-0.4, -0.2) is 23.9 Å². The Hall–Kier alpha value is -0.290. The molecule has 0 saturated heterocycles. The van der Waals surface area contributed by atoms with Gasteiger partial charge in [0.2, 0.25) is 0 Å². The highest BCUT2D eigenvalue weighted by Crippen LogP contribution is 2.41. The fourth-order valence-electron chi connectivity index (χ4n) is 2.18. The standard InChI is InChI=1S/C10H18F3NO/c11-10(12,13)6-5-9(7-14)3-1-8(15)2-4-9/h8,15H,1-7,14H2. The fraction of sp³-hybridized carbons (Fsp3) is 1.00. The molecular formula is C10H18F3NO. The number of aliphatic hydroxyl groups excluding tert-OH is 1. The lowest BCUT2D eigenvalue weighted by molar-refractivity contribution is -0.142. The van der Waals surface area contributed by atoms with Crippen LogP contribution in [0.4, 0.5) is 13.2 Å². The molecule has 15 heavy (non-hydrogen) atoms. The van der Waals surface area contributed by atoms with Gasteiger partial charge in [0.15, 0.2) is 0 Å². The van der Waals surface area contributed by atoms with Crippen LogP contribution in [0.5, 0.6) is 0 Å². The summed E-state index contributed by atoms with van der Waals surface area (Å²) in [6.07, 6.45) is -2.74. The number of halogens is 3. The molecular weight excluding hydrogens is 207 g/mol. The Kier molecular flexibility index (Phi) is 4.00. The Morgan fingerprint density at radius 2 is 1.80 bits per heavy atom. The second-order valence-electron chi connectivity index (χ2n) is 4.55. The van der Waals surface area contributed by atoms with Gasteiger partial charge in [-0.25, -0.2) is 0 Å². The van der Waals surface area contributed by atoms with Crippen molar-refractivity contribution in [3.05, 3.63) is 0 Å². The van der Waals surface area contributed by atoms with Crippen LogP contribution in [0.1, 0.15) is 38.5 Å². The molecule has 0 heterocycles. The largest absolute Gasteiger partial charge is 0.393 e. The van der Waals surface area contributed by atoms with E-state index in [2.05, 4.69) is 0 Å².